The summed E-state index contributed by atoms with van der Waals surface area (Å²) in [4.78, 5) is 24.7. The minimum absolute atomic E-state index is 0.0143. The number of aromatic hydroxyl groups is 2. The summed E-state index contributed by atoms with van der Waals surface area (Å²) in [5.74, 6) is -0.0932. The van der Waals surface area contributed by atoms with Gasteiger partial charge in [0.1, 0.15) is 23.0 Å². The summed E-state index contributed by atoms with van der Waals surface area (Å²) in [6.07, 6.45) is 0. The maximum Gasteiger partial charge on any atom is 0.340 e. The Bertz CT molecular complexity index is 1140. The number of hydrogen-bond acceptors (Lipinski definition) is 6. The Kier molecular flexibility index (Phi) is 4.50. The Balaban J connectivity index is 0.00000106. The van der Waals surface area contributed by atoms with Crippen molar-refractivity contribution in [3.05, 3.63) is 82.4 Å². The third kappa shape index (κ3) is 2.64. The average molecular weight is 404 g/mol. The van der Waals surface area contributed by atoms with E-state index in [0.717, 1.165) is 0 Å². The van der Waals surface area contributed by atoms with Crippen molar-refractivity contribution in [2.45, 2.75) is 26.4 Å². The van der Waals surface area contributed by atoms with Gasteiger partial charge in [-0.15, -0.1) is 0 Å². The largest absolute Gasteiger partial charge is 0.508 e. The average Bonchev–Trinajstić information content (AvgIpc) is 3.01. The highest BCUT2D eigenvalue weighted by molar-refractivity contribution is 6.00. The van der Waals surface area contributed by atoms with Crippen LogP contribution in [-0.2, 0) is 10.3 Å². The Hall–Kier alpha value is -3.80. The van der Waals surface area contributed by atoms with E-state index >= 15 is 0 Å². The topological polar surface area (TPSA) is 93.1 Å². The monoisotopic (exact) mass is 404 g/mol. The van der Waals surface area contributed by atoms with Gasteiger partial charge in [-0.25, -0.2) is 4.79 Å². The lowest BCUT2D eigenvalue weighted by atomic mass is 9.77. The molecule has 30 heavy (non-hydrogen) atoms. The second-order valence-electron chi connectivity index (χ2n) is 6.85. The molecule has 0 saturated heterocycles. The second kappa shape index (κ2) is 6.91. The number of phenols is 2. The van der Waals surface area contributed by atoms with E-state index in [-0.39, 0.29) is 17.3 Å². The van der Waals surface area contributed by atoms with Gasteiger partial charge >= 0.3 is 5.97 Å². The Labute approximate surface area is 173 Å². The standard InChI is InChI=1S/C22H14O6.C2H6/c1-11(23)12-2-5-15-18(8-12)22(28-21(15)26)16-6-3-13(24)9-19(16)27-20-10-14(25)4-7-17(20)22;1-2/h2-10,24-25H,1H3;1-2H3. The third-order valence-electron chi connectivity index (χ3n) is 5.18. The molecule has 5 rings (SSSR count). The van der Waals surface area contributed by atoms with Crippen LogP contribution in [0.3, 0.4) is 0 Å². The van der Waals surface area contributed by atoms with Gasteiger partial charge in [-0.05, 0) is 43.3 Å². The van der Waals surface area contributed by atoms with Crippen LogP contribution in [0.15, 0.2) is 54.6 Å². The molecule has 6 nitrogen and oxygen atoms in total. The molecule has 0 aliphatic carbocycles. The smallest absolute Gasteiger partial charge is 0.340 e. The minimum atomic E-state index is -1.35. The Morgan fingerprint density at radius 2 is 1.40 bits per heavy atom. The molecule has 0 aromatic heterocycles. The Morgan fingerprint density at radius 1 is 0.833 bits per heavy atom. The molecule has 0 bridgehead atoms. The van der Waals surface area contributed by atoms with Gasteiger partial charge in [0, 0.05) is 34.4 Å². The SMILES string of the molecule is CC.CC(=O)c1ccc2c(c1)C1(OC2=O)c2ccc(O)cc2Oc2cc(O)ccc21. The number of phenolic OH excluding ortho intramolecular Hbond substituents is 2. The number of rotatable bonds is 1. The van der Waals surface area contributed by atoms with Crippen molar-refractivity contribution in [1.82, 2.24) is 0 Å². The van der Waals surface area contributed by atoms with E-state index in [9.17, 15) is 19.8 Å². The Morgan fingerprint density at radius 3 is 1.93 bits per heavy atom. The van der Waals surface area contributed by atoms with Crippen LogP contribution in [0.4, 0.5) is 0 Å². The molecular formula is C24H20O6. The number of hydrogen-bond donors (Lipinski definition) is 2. The van der Waals surface area contributed by atoms with Gasteiger partial charge in [0.25, 0.3) is 0 Å². The molecule has 2 aliphatic heterocycles. The number of ether oxygens (including phenoxy) is 2. The van der Waals surface area contributed by atoms with E-state index in [2.05, 4.69) is 0 Å². The summed E-state index contributed by atoms with van der Waals surface area (Å²) in [6, 6.07) is 13.9. The highest BCUT2D eigenvalue weighted by atomic mass is 16.6. The summed E-state index contributed by atoms with van der Waals surface area (Å²) < 4.78 is 11.8. The number of fused-ring (bicyclic) bond motifs is 6. The first-order valence-electron chi connectivity index (χ1n) is 9.64. The highest BCUT2D eigenvalue weighted by Crippen LogP contribution is 2.57. The third-order valence-corrected chi connectivity index (χ3v) is 5.18. The van der Waals surface area contributed by atoms with Gasteiger partial charge in [-0.3, -0.25) is 4.79 Å². The van der Waals surface area contributed by atoms with Crippen LogP contribution >= 0.6 is 0 Å². The molecular weight excluding hydrogens is 384 g/mol. The zero-order valence-corrected chi connectivity index (χ0v) is 16.7. The van der Waals surface area contributed by atoms with Gasteiger partial charge in [-0.1, -0.05) is 19.9 Å². The van der Waals surface area contributed by atoms with Gasteiger partial charge in [0.05, 0.1) is 5.56 Å². The van der Waals surface area contributed by atoms with Crippen LogP contribution in [0.25, 0.3) is 0 Å². The zero-order chi connectivity index (χ0) is 21.6. The van der Waals surface area contributed by atoms with Crippen LogP contribution in [0, 0.1) is 0 Å². The lowest BCUT2D eigenvalue weighted by Gasteiger charge is -2.36. The number of carbonyl (C=O) groups is 2. The summed E-state index contributed by atoms with van der Waals surface area (Å²) in [5, 5.41) is 19.8. The number of ketones is 1. The minimum Gasteiger partial charge on any atom is -0.508 e. The molecule has 0 saturated carbocycles. The maximum atomic E-state index is 12.7. The number of benzene rings is 3. The molecule has 2 aliphatic rings. The van der Waals surface area contributed by atoms with E-state index < -0.39 is 11.6 Å². The summed E-state index contributed by atoms with van der Waals surface area (Å²) in [5.41, 5.74) is 1.02. The highest BCUT2D eigenvalue weighted by Gasteiger charge is 2.53. The first kappa shape index (κ1) is 19.5. The van der Waals surface area contributed by atoms with E-state index in [1.54, 1.807) is 30.3 Å². The van der Waals surface area contributed by atoms with Crippen LogP contribution < -0.4 is 4.74 Å². The molecule has 3 aromatic carbocycles. The second-order valence-corrected chi connectivity index (χ2v) is 6.85. The molecule has 0 amide bonds. The van der Waals surface area contributed by atoms with Crippen LogP contribution in [-0.4, -0.2) is 22.0 Å². The summed E-state index contributed by atoms with van der Waals surface area (Å²) >= 11 is 0. The zero-order valence-electron chi connectivity index (χ0n) is 16.7. The lowest BCUT2D eigenvalue weighted by Crippen LogP contribution is -2.33. The van der Waals surface area contributed by atoms with Gasteiger partial charge in [-0.2, -0.15) is 0 Å². The fourth-order valence-electron chi connectivity index (χ4n) is 3.92. The quantitative estimate of drug-likeness (QED) is 0.443. The predicted octanol–water partition coefficient (Wildman–Crippen LogP) is 4.89. The van der Waals surface area contributed by atoms with Crippen molar-refractivity contribution in [1.29, 1.82) is 0 Å². The van der Waals surface area contributed by atoms with Crippen molar-refractivity contribution in [3.63, 3.8) is 0 Å². The van der Waals surface area contributed by atoms with Gasteiger partial charge < -0.3 is 19.7 Å². The molecule has 0 atom stereocenters. The van der Waals surface area contributed by atoms with Gasteiger partial charge in [0.2, 0.25) is 0 Å². The summed E-state index contributed by atoms with van der Waals surface area (Å²) in [7, 11) is 0. The van der Waals surface area contributed by atoms with Crippen molar-refractivity contribution in [2.24, 2.45) is 0 Å². The van der Waals surface area contributed by atoms with Crippen molar-refractivity contribution in [2.75, 3.05) is 0 Å². The molecule has 1 spiro atoms. The van der Waals surface area contributed by atoms with E-state index in [1.807, 2.05) is 13.8 Å². The van der Waals surface area contributed by atoms with Gasteiger partial charge in [0.15, 0.2) is 11.4 Å². The lowest BCUT2D eigenvalue weighted by molar-refractivity contribution is 0.0224. The fraction of sp³-hybridized carbons (Fsp3) is 0.167. The molecule has 2 heterocycles. The first-order chi connectivity index (χ1) is 14.4. The van der Waals surface area contributed by atoms with Crippen LogP contribution in [0.1, 0.15) is 58.2 Å². The molecule has 2 N–H and O–H groups in total. The first-order valence-corrected chi connectivity index (χ1v) is 9.64. The molecule has 3 aromatic rings. The number of Topliss-reactive ketones (excluding diaryl/α,β-unsaturated/α-hetero) is 1. The van der Waals surface area contributed by atoms with Crippen molar-refractivity contribution in [3.8, 4) is 23.0 Å². The molecule has 0 fully saturated rings. The number of carbonyl (C=O) groups excluding carboxylic acids is 2. The van der Waals surface area contributed by atoms with Crippen LogP contribution in [0.5, 0.6) is 23.0 Å². The fourth-order valence-corrected chi connectivity index (χ4v) is 3.92. The number of esters is 1. The predicted molar refractivity (Wildman–Crippen MR) is 109 cm³/mol. The van der Waals surface area contributed by atoms with E-state index in [4.69, 9.17) is 9.47 Å². The molecule has 0 radical (unpaired) electrons. The normalized spacial score (nSPS) is 14.4. The van der Waals surface area contributed by atoms with E-state index in [1.165, 1.54) is 31.2 Å². The maximum absolute atomic E-state index is 12.7. The molecule has 152 valence electrons. The van der Waals surface area contributed by atoms with Crippen molar-refractivity contribution < 1.29 is 29.3 Å². The molecule has 0 unspecified atom stereocenters. The summed E-state index contributed by atoms with van der Waals surface area (Å²) in [6.45, 7) is 5.45. The van der Waals surface area contributed by atoms with Crippen LogP contribution in [0.2, 0.25) is 0 Å². The van der Waals surface area contributed by atoms with Crippen molar-refractivity contribution >= 4 is 11.8 Å². The molecule has 6 heteroatoms. The van der Waals surface area contributed by atoms with E-state index in [0.29, 0.717) is 39.3 Å².